The van der Waals surface area contributed by atoms with Crippen molar-refractivity contribution >= 4 is 28.6 Å². The molecule has 0 fully saturated rings. The van der Waals surface area contributed by atoms with Gasteiger partial charge in [0.1, 0.15) is 0 Å². The minimum absolute atomic E-state index is 0.333. The fraction of sp³-hybridized carbons (Fsp3) is 0.412. The highest BCUT2D eigenvalue weighted by molar-refractivity contribution is 7.16. The number of rotatable bonds is 7. The zero-order valence-corrected chi connectivity index (χ0v) is 14.5. The predicted octanol–water partition coefficient (Wildman–Crippen LogP) is 4.75. The number of hydrogen-bond acceptors (Lipinski definition) is 3. The zero-order valence-electron chi connectivity index (χ0n) is 12.9. The summed E-state index contributed by atoms with van der Waals surface area (Å²) in [5.41, 5.74) is 2.57. The number of hydrogen-bond donors (Lipinski definition) is 1. The second-order valence-electron chi connectivity index (χ2n) is 5.41. The highest BCUT2D eigenvalue weighted by atomic mass is 35.5. The molecule has 0 bridgehead atoms. The van der Waals surface area contributed by atoms with Gasteiger partial charge in [0.15, 0.2) is 0 Å². The molecule has 2 aromatic rings. The summed E-state index contributed by atoms with van der Waals surface area (Å²) in [5.74, 6) is 0. The van der Waals surface area contributed by atoms with Crippen LogP contribution < -0.4 is 10.2 Å². The van der Waals surface area contributed by atoms with Crippen LogP contribution in [0.5, 0.6) is 0 Å². The molecule has 21 heavy (non-hydrogen) atoms. The van der Waals surface area contributed by atoms with Gasteiger partial charge in [-0.1, -0.05) is 30.7 Å². The Kier molecular flexibility index (Phi) is 6.09. The Morgan fingerprint density at radius 1 is 1.24 bits per heavy atom. The molecule has 1 heterocycles. The van der Waals surface area contributed by atoms with E-state index in [0.29, 0.717) is 6.04 Å². The molecule has 1 N–H and O–H groups in total. The molecule has 1 aromatic heterocycles. The fourth-order valence-corrected chi connectivity index (χ4v) is 3.44. The van der Waals surface area contributed by atoms with Gasteiger partial charge in [0, 0.05) is 37.1 Å². The molecule has 1 aromatic carbocycles. The molecule has 0 radical (unpaired) electrons. The lowest BCUT2D eigenvalue weighted by molar-refractivity contribution is 0.532. The average molecular weight is 323 g/mol. The van der Waals surface area contributed by atoms with Crippen LogP contribution >= 0.6 is 22.9 Å². The molecule has 4 heteroatoms. The third-order valence-electron chi connectivity index (χ3n) is 3.46. The average Bonchev–Trinajstić information content (AvgIpc) is 2.89. The van der Waals surface area contributed by atoms with Crippen LogP contribution in [0.25, 0.3) is 0 Å². The summed E-state index contributed by atoms with van der Waals surface area (Å²) in [4.78, 5) is 3.46. The van der Waals surface area contributed by atoms with Crippen LogP contribution in [-0.2, 0) is 6.42 Å². The third-order valence-corrected chi connectivity index (χ3v) is 4.72. The summed E-state index contributed by atoms with van der Waals surface area (Å²) < 4.78 is 0.862. The first-order chi connectivity index (χ1) is 10.1. The smallest absolute Gasteiger partial charge is 0.0931 e. The summed E-state index contributed by atoms with van der Waals surface area (Å²) in [6.07, 6.45) is 2.11. The van der Waals surface area contributed by atoms with E-state index >= 15 is 0 Å². The topological polar surface area (TPSA) is 15.3 Å². The van der Waals surface area contributed by atoms with Gasteiger partial charge in [-0.15, -0.1) is 11.3 Å². The van der Waals surface area contributed by atoms with Gasteiger partial charge >= 0.3 is 0 Å². The highest BCUT2D eigenvalue weighted by Gasteiger charge is 2.13. The summed E-state index contributed by atoms with van der Waals surface area (Å²) in [7, 11) is 4.15. The van der Waals surface area contributed by atoms with Gasteiger partial charge in [0.2, 0.25) is 0 Å². The maximum atomic E-state index is 6.05. The predicted molar refractivity (Wildman–Crippen MR) is 94.8 cm³/mol. The van der Waals surface area contributed by atoms with Crippen molar-refractivity contribution in [3.63, 3.8) is 0 Å². The Morgan fingerprint density at radius 3 is 2.67 bits per heavy atom. The molecule has 0 spiro atoms. The number of thiophene rings is 1. The Bertz CT molecular complexity index is 565. The van der Waals surface area contributed by atoms with Crippen molar-refractivity contribution in [3.8, 4) is 0 Å². The van der Waals surface area contributed by atoms with E-state index in [1.807, 2.05) is 6.07 Å². The van der Waals surface area contributed by atoms with E-state index in [1.165, 1.54) is 16.1 Å². The molecule has 0 saturated carbocycles. The lowest BCUT2D eigenvalue weighted by Gasteiger charge is -2.21. The maximum absolute atomic E-state index is 6.05. The number of nitrogens with zero attached hydrogens (tertiary/aromatic N) is 1. The summed E-state index contributed by atoms with van der Waals surface area (Å²) >= 11 is 7.72. The van der Waals surface area contributed by atoms with Gasteiger partial charge in [0.25, 0.3) is 0 Å². The lowest BCUT2D eigenvalue weighted by Crippen LogP contribution is -2.24. The first kappa shape index (κ1) is 16.3. The Labute approximate surface area is 136 Å². The van der Waals surface area contributed by atoms with Gasteiger partial charge in [-0.2, -0.15) is 0 Å². The first-order valence-corrected chi connectivity index (χ1v) is 8.54. The summed E-state index contributed by atoms with van der Waals surface area (Å²) in [6.45, 7) is 3.22. The first-order valence-electron chi connectivity index (χ1n) is 7.35. The molecule has 2 nitrogen and oxygen atoms in total. The molecular weight excluding hydrogens is 300 g/mol. The Balaban J connectivity index is 2.20. The van der Waals surface area contributed by atoms with E-state index in [9.17, 15) is 0 Å². The van der Waals surface area contributed by atoms with E-state index in [0.717, 1.165) is 23.7 Å². The van der Waals surface area contributed by atoms with Crippen molar-refractivity contribution < 1.29 is 0 Å². The van der Waals surface area contributed by atoms with Gasteiger partial charge in [0.05, 0.1) is 4.34 Å². The van der Waals surface area contributed by atoms with E-state index in [4.69, 9.17) is 11.6 Å². The lowest BCUT2D eigenvalue weighted by atomic mass is 10.0. The van der Waals surface area contributed by atoms with E-state index in [1.54, 1.807) is 11.3 Å². The number of benzene rings is 1. The number of nitrogens with one attached hydrogen (secondary N) is 1. The van der Waals surface area contributed by atoms with Crippen molar-refractivity contribution in [2.24, 2.45) is 0 Å². The second-order valence-corrected chi connectivity index (χ2v) is 7.21. The molecule has 0 amide bonds. The van der Waals surface area contributed by atoms with Crippen LogP contribution in [0.15, 0.2) is 36.4 Å². The van der Waals surface area contributed by atoms with Crippen LogP contribution in [0.2, 0.25) is 4.34 Å². The molecule has 1 unspecified atom stereocenters. The quantitative estimate of drug-likeness (QED) is 0.791. The number of halogens is 1. The molecular formula is C17H23ClN2S. The molecule has 0 saturated heterocycles. The molecule has 1 atom stereocenters. The molecule has 0 aliphatic heterocycles. The normalized spacial score (nSPS) is 12.4. The molecule has 114 valence electrons. The molecule has 2 rings (SSSR count). The summed E-state index contributed by atoms with van der Waals surface area (Å²) in [6, 6.07) is 13.2. The zero-order chi connectivity index (χ0) is 15.2. The number of anilines is 1. The van der Waals surface area contributed by atoms with Gasteiger partial charge in [-0.25, -0.2) is 0 Å². The van der Waals surface area contributed by atoms with Crippen molar-refractivity contribution in [3.05, 3.63) is 51.2 Å². The van der Waals surface area contributed by atoms with E-state index < -0.39 is 0 Å². The standard InChI is InChI=1S/C17H23ClN2S/c1-4-10-19-16(12-15-8-9-17(18)21-15)13-6-5-7-14(11-13)20(2)3/h5-9,11,16,19H,4,10,12H2,1-3H3. The van der Waals surface area contributed by atoms with Gasteiger partial charge < -0.3 is 10.2 Å². The second kappa shape index (κ2) is 7.83. The van der Waals surface area contributed by atoms with Crippen LogP contribution in [-0.4, -0.2) is 20.6 Å². The Morgan fingerprint density at radius 2 is 2.05 bits per heavy atom. The molecule has 0 aliphatic rings. The van der Waals surface area contributed by atoms with Crippen LogP contribution in [0, 0.1) is 0 Å². The van der Waals surface area contributed by atoms with Crippen molar-refractivity contribution in [2.75, 3.05) is 25.5 Å². The highest BCUT2D eigenvalue weighted by Crippen LogP contribution is 2.28. The van der Waals surface area contributed by atoms with Crippen LogP contribution in [0.3, 0.4) is 0 Å². The summed E-state index contributed by atoms with van der Waals surface area (Å²) in [5, 5.41) is 3.65. The van der Waals surface area contributed by atoms with Crippen molar-refractivity contribution in [1.82, 2.24) is 5.32 Å². The largest absolute Gasteiger partial charge is 0.378 e. The van der Waals surface area contributed by atoms with Crippen molar-refractivity contribution in [1.29, 1.82) is 0 Å². The fourth-order valence-electron chi connectivity index (χ4n) is 2.31. The minimum atomic E-state index is 0.333. The molecule has 0 aliphatic carbocycles. The van der Waals surface area contributed by atoms with Gasteiger partial charge in [-0.05, 0) is 42.8 Å². The van der Waals surface area contributed by atoms with E-state index in [2.05, 4.69) is 61.6 Å². The SMILES string of the molecule is CCCNC(Cc1ccc(Cl)s1)c1cccc(N(C)C)c1. The third kappa shape index (κ3) is 4.73. The Hall–Kier alpha value is -1.03. The monoisotopic (exact) mass is 322 g/mol. The minimum Gasteiger partial charge on any atom is -0.378 e. The van der Waals surface area contributed by atoms with E-state index in [-0.39, 0.29) is 0 Å². The van der Waals surface area contributed by atoms with Gasteiger partial charge in [-0.3, -0.25) is 0 Å². The van der Waals surface area contributed by atoms with Crippen LogP contribution in [0.1, 0.15) is 29.8 Å². The van der Waals surface area contributed by atoms with Crippen LogP contribution in [0.4, 0.5) is 5.69 Å². The maximum Gasteiger partial charge on any atom is 0.0931 e. The van der Waals surface area contributed by atoms with Crippen molar-refractivity contribution in [2.45, 2.75) is 25.8 Å².